The lowest BCUT2D eigenvalue weighted by Gasteiger charge is -2.36. The van der Waals surface area contributed by atoms with Crippen molar-refractivity contribution in [3.63, 3.8) is 0 Å². The highest BCUT2D eigenvalue weighted by Gasteiger charge is 2.55. The summed E-state index contributed by atoms with van der Waals surface area (Å²) in [4.78, 5) is 43.0. The van der Waals surface area contributed by atoms with Gasteiger partial charge in [-0.25, -0.2) is 9.78 Å². The fourth-order valence-electron chi connectivity index (χ4n) is 4.05. The summed E-state index contributed by atoms with van der Waals surface area (Å²) in [5, 5.41) is 8.43. The van der Waals surface area contributed by atoms with Gasteiger partial charge in [0.25, 0.3) is 5.91 Å². The number of carbonyl (C=O) groups is 3. The average molecular weight is 398 g/mol. The Hall–Kier alpha value is -2.74. The van der Waals surface area contributed by atoms with Crippen LogP contribution in [0.2, 0.25) is 0 Å². The van der Waals surface area contributed by atoms with E-state index in [1.54, 1.807) is 29.7 Å². The molecule has 0 radical (unpaired) electrons. The van der Waals surface area contributed by atoms with Gasteiger partial charge in [0.15, 0.2) is 0 Å². The van der Waals surface area contributed by atoms with E-state index >= 15 is 0 Å². The number of anilines is 1. The highest BCUT2D eigenvalue weighted by Crippen LogP contribution is 2.38. The number of carbonyl (C=O) groups excluding carboxylic acids is 3. The number of benzene rings is 1. The molecule has 2 heterocycles. The number of nitrogens with one attached hydrogen (secondary N) is 2. The Morgan fingerprint density at radius 1 is 1.32 bits per heavy atom. The van der Waals surface area contributed by atoms with Crippen LogP contribution in [0.15, 0.2) is 35.8 Å². The third kappa shape index (κ3) is 3.28. The van der Waals surface area contributed by atoms with Crippen LogP contribution in [-0.4, -0.2) is 39.8 Å². The number of hydrogen-bond acceptors (Lipinski definition) is 5. The minimum atomic E-state index is -0.842. The molecular formula is C20H22N4O3S. The highest BCUT2D eigenvalue weighted by atomic mass is 32.1. The molecule has 2 unspecified atom stereocenters. The second kappa shape index (κ2) is 7.35. The molecule has 1 spiro atoms. The first-order chi connectivity index (χ1) is 13.5. The number of urea groups is 1. The number of amides is 4. The first-order valence-electron chi connectivity index (χ1n) is 9.43. The molecule has 7 nitrogen and oxygen atoms in total. The number of hydrogen-bond donors (Lipinski definition) is 2. The number of rotatable bonds is 4. The maximum Gasteiger partial charge on any atom is 0.325 e. The van der Waals surface area contributed by atoms with Gasteiger partial charge in [-0.15, -0.1) is 11.3 Å². The number of imide groups is 1. The SMILES string of the molecule is CC1CCCCC12NC(=O)N(CC(=O)Nc1ccc(-c3nccs3)cc1)C2=O. The largest absolute Gasteiger partial charge is 0.325 e. The van der Waals surface area contributed by atoms with Crippen LogP contribution in [0.1, 0.15) is 32.6 Å². The zero-order chi connectivity index (χ0) is 19.7. The second-order valence-electron chi connectivity index (χ2n) is 7.40. The summed E-state index contributed by atoms with van der Waals surface area (Å²) >= 11 is 1.54. The summed E-state index contributed by atoms with van der Waals surface area (Å²) in [7, 11) is 0. The van der Waals surface area contributed by atoms with Gasteiger partial charge in [0.05, 0.1) is 0 Å². The molecule has 2 atom stereocenters. The van der Waals surface area contributed by atoms with Gasteiger partial charge in [-0.1, -0.05) is 19.8 Å². The Labute approximate surface area is 167 Å². The first kappa shape index (κ1) is 18.6. The maximum atomic E-state index is 12.9. The molecule has 1 aromatic heterocycles. The van der Waals surface area contributed by atoms with Crippen molar-refractivity contribution in [3.8, 4) is 10.6 Å². The quantitative estimate of drug-likeness (QED) is 0.774. The summed E-state index contributed by atoms with van der Waals surface area (Å²) in [6, 6.07) is 6.84. The van der Waals surface area contributed by atoms with Gasteiger partial charge in [0.2, 0.25) is 5.91 Å². The molecule has 2 N–H and O–H groups in total. The third-order valence-electron chi connectivity index (χ3n) is 5.65. The van der Waals surface area contributed by atoms with E-state index in [9.17, 15) is 14.4 Å². The zero-order valence-electron chi connectivity index (χ0n) is 15.6. The molecule has 1 aliphatic heterocycles. The van der Waals surface area contributed by atoms with Crippen molar-refractivity contribution < 1.29 is 14.4 Å². The molecule has 2 aliphatic rings. The summed E-state index contributed by atoms with van der Waals surface area (Å²) < 4.78 is 0. The summed E-state index contributed by atoms with van der Waals surface area (Å²) in [5.74, 6) is -0.603. The average Bonchev–Trinajstić information content (AvgIpc) is 3.29. The topological polar surface area (TPSA) is 91.4 Å². The molecule has 1 saturated heterocycles. The molecule has 1 aromatic carbocycles. The van der Waals surface area contributed by atoms with Crippen LogP contribution in [0, 0.1) is 5.92 Å². The lowest BCUT2D eigenvalue weighted by Crippen LogP contribution is -2.54. The van der Waals surface area contributed by atoms with Crippen LogP contribution in [0.5, 0.6) is 0 Å². The van der Waals surface area contributed by atoms with Crippen molar-refractivity contribution in [1.82, 2.24) is 15.2 Å². The summed E-state index contributed by atoms with van der Waals surface area (Å²) in [5.41, 5.74) is 0.735. The van der Waals surface area contributed by atoms with Gasteiger partial charge in [-0.3, -0.25) is 14.5 Å². The molecule has 2 fully saturated rings. The first-order valence-corrected chi connectivity index (χ1v) is 10.3. The van der Waals surface area contributed by atoms with Crippen LogP contribution in [0.3, 0.4) is 0 Å². The number of nitrogens with zero attached hydrogens (tertiary/aromatic N) is 2. The van der Waals surface area contributed by atoms with E-state index in [0.717, 1.165) is 34.7 Å². The van der Waals surface area contributed by atoms with E-state index in [1.165, 1.54) is 0 Å². The molecule has 146 valence electrons. The zero-order valence-corrected chi connectivity index (χ0v) is 16.4. The third-order valence-corrected chi connectivity index (χ3v) is 6.47. The van der Waals surface area contributed by atoms with Gasteiger partial charge in [-0.05, 0) is 43.0 Å². The van der Waals surface area contributed by atoms with Crippen molar-refractivity contribution in [2.45, 2.75) is 38.1 Å². The minimum Gasteiger partial charge on any atom is -0.325 e. The van der Waals surface area contributed by atoms with E-state index < -0.39 is 17.5 Å². The van der Waals surface area contributed by atoms with Crippen LogP contribution in [-0.2, 0) is 9.59 Å². The monoisotopic (exact) mass is 398 g/mol. The lowest BCUT2D eigenvalue weighted by atomic mass is 9.73. The summed E-state index contributed by atoms with van der Waals surface area (Å²) in [6.45, 7) is 1.71. The predicted octanol–water partition coefficient (Wildman–Crippen LogP) is 3.25. The predicted molar refractivity (Wildman–Crippen MR) is 107 cm³/mol. The van der Waals surface area contributed by atoms with Crippen LogP contribution < -0.4 is 10.6 Å². The van der Waals surface area contributed by atoms with Crippen molar-refractivity contribution in [1.29, 1.82) is 0 Å². The maximum absolute atomic E-state index is 12.9. The van der Waals surface area contributed by atoms with E-state index in [0.29, 0.717) is 12.1 Å². The molecule has 1 saturated carbocycles. The number of aromatic nitrogens is 1. The molecule has 4 rings (SSSR count). The van der Waals surface area contributed by atoms with E-state index in [1.807, 2.05) is 24.4 Å². The molecular weight excluding hydrogens is 376 g/mol. The Morgan fingerprint density at radius 3 is 2.79 bits per heavy atom. The molecule has 4 amide bonds. The summed E-state index contributed by atoms with van der Waals surface area (Å²) in [6.07, 6.45) is 5.24. The second-order valence-corrected chi connectivity index (χ2v) is 8.30. The smallest absolute Gasteiger partial charge is 0.325 e. The molecule has 0 bridgehead atoms. The fraction of sp³-hybridized carbons (Fsp3) is 0.400. The molecule has 28 heavy (non-hydrogen) atoms. The minimum absolute atomic E-state index is 0.0733. The van der Waals surface area contributed by atoms with Gasteiger partial charge in [-0.2, -0.15) is 0 Å². The lowest BCUT2D eigenvalue weighted by molar-refractivity contribution is -0.136. The van der Waals surface area contributed by atoms with Gasteiger partial charge in [0, 0.05) is 22.8 Å². The normalized spacial score (nSPS) is 24.5. The van der Waals surface area contributed by atoms with Crippen LogP contribution in [0.4, 0.5) is 10.5 Å². The van der Waals surface area contributed by atoms with Crippen molar-refractivity contribution in [3.05, 3.63) is 35.8 Å². The van der Waals surface area contributed by atoms with Gasteiger partial charge >= 0.3 is 6.03 Å². The van der Waals surface area contributed by atoms with E-state index in [2.05, 4.69) is 15.6 Å². The molecule has 2 aromatic rings. The Morgan fingerprint density at radius 2 is 2.11 bits per heavy atom. The Balaban J connectivity index is 1.41. The van der Waals surface area contributed by atoms with Crippen LogP contribution in [0.25, 0.3) is 10.6 Å². The Bertz CT molecular complexity index is 897. The standard InChI is InChI=1S/C20H22N4O3S/c1-13-4-2-3-9-20(13)18(26)24(19(27)23-20)12-16(25)22-15-7-5-14(6-8-15)17-21-10-11-28-17/h5-8,10-11,13H,2-4,9,12H2,1H3,(H,22,25)(H,23,27). The van der Waals surface area contributed by atoms with Gasteiger partial charge in [0.1, 0.15) is 17.1 Å². The van der Waals surface area contributed by atoms with Gasteiger partial charge < -0.3 is 10.6 Å². The Kier molecular flexibility index (Phi) is 4.89. The van der Waals surface area contributed by atoms with E-state index in [-0.39, 0.29) is 18.4 Å². The molecule has 1 aliphatic carbocycles. The van der Waals surface area contributed by atoms with Crippen molar-refractivity contribution in [2.75, 3.05) is 11.9 Å². The number of thiazole rings is 1. The van der Waals surface area contributed by atoms with Crippen molar-refractivity contribution >= 4 is 34.9 Å². The van der Waals surface area contributed by atoms with Crippen LogP contribution >= 0.6 is 11.3 Å². The van der Waals surface area contributed by atoms with Crippen molar-refractivity contribution in [2.24, 2.45) is 5.92 Å². The highest BCUT2D eigenvalue weighted by molar-refractivity contribution is 7.13. The molecule has 8 heteroatoms. The van der Waals surface area contributed by atoms with E-state index in [4.69, 9.17) is 0 Å². The fourth-order valence-corrected chi connectivity index (χ4v) is 4.69.